The van der Waals surface area contributed by atoms with Crippen LogP contribution in [0.3, 0.4) is 0 Å². The molecule has 0 aromatic carbocycles. The maximum absolute atomic E-state index is 4.37. The third kappa shape index (κ3) is 2.88. The molecule has 1 saturated heterocycles. The monoisotopic (exact) mass is 286 g/mol. The standard InChI is InChI=1S/C11H15BrN2S/c1-8-2-5-13-11(10(8)12)14-9-3-6-15-7-4-9/h2,5,9H,3-4,6-7H2,1H3,(H,13,14). The van der Waals surface area contributed by atoms with Crippen molar-refractivity contribution in [2.45, 2.75) is 25.8 Å². The van der Waals surface area contributed by atoms with Crippen molar-refractivity contribution in [1.82, 2.24) is 4.98 Å². The van der Waals surface area contributed by atoms with Crippen LogP contribution in [0.2, 0.25) is 0 Å². The van der Waals surface area contributed by atoms with Gasteiger partial charge in [-0.25, -0.2) is 4.98 Å². The third-order valence-corrected chi connectivity index (χ3v) is 4.69. The molecule has 0 aliphatic carbocycles. The Balaban J connectivity index is 2.06. The molecular formula is C11H15BrN2S. The van der Waals surface area contributed by atoms with Gasteiger partial charge in [-0.05, 0) is 58.8 Å². The molecule has 1 N–H and O–H groups in total. The molecule has 1 aromatic rings. The van der Waals surface area contributed by atoms with Gasteiger partial charge < -0.3 is 5.32 Å². The second-order valence-corrected chi connectivity index (χ2v) is 5.84. The van der Waals surface area contributed by atoms with E-state index in [0.717, 1.165) is 10.3 Å². The molecular weight excluding hydrogens is 272 g/mol. The van der Waals surface area contributed by atoms with E-state index in [1.807, 2.05) is 24.0 Å². The van der Waals surface area contributed by atoms with Crippen molar-refractivity contribution in [3.05, 3.63) is 22.3 Å². The highest BCUT2D eigenvalue weighted by molar-refractivity contribution is 9.10. The molecule has 1 aliphatic heterocycles. The van der Waals surface area contributed by atoms with E-state index in [1.165, 1.54) is 29.9 Å². The van der Waals surface area contributed by atoms with Gasteiger partial charge >= 0.3 is 0 Å². The van der Waals surface area contributed by atoms with E-state index in [9.17, 15) is 0 Å². The molecule has 0 atom stereocenters. The molecule has 2 heterocycles. The van der Waals surface area contributed by atoms with Gasteiger partial charge in [0.2, 0.25) is 0 Å². The van der Waals surface area contributed by atoms with Crippen molar-refractivity contribution in [2.75, 3.05) is 16.8 Å². The molecule has 0 radical (unpaired) electrons. The van der Waals surface area contributed by atoms with Crippen LogP contribution in [-0.2, 0) is 0 Å². The van der Waals surface area contributed by atoms with Crippen LogP contribution in [0, 0.1) is 6.92 Å². The van der Waals surface area contributed by atoms with Crippen LogP contribution < -0.4 is 5.32 Å². The summed E-state index contributed by atoms with van der Waals surface area (Å²) < 4.78 is 1.10. The summed E-state index contributed by atoms with van der Waals surface area (Å²) in [4.78, 5) is 4.37. The van der Waals surface area contributed by atoms with Crippen molar-refractivity contribution >= 4 is 33.5 Å². The Morgan fingerprint density at radius 3 is 2.93 bits per heavy atom. The zero-order chi connectivity index (χ0) is 10.7. The topological polar surface area (TPSA) is 24.9 Å². The van der Waals surface area contributed by atoms with Crippen LogP contribution >= 0.6 is 27.7 Å². The summed E-state index contributed by atoms with van der Waals surface area (Å²) in [6, 6.07) is 2.61. The number of anilines is 1. The van der Waals surface area contributed by atoms with E-state index in [-0.39, 0.29) is 0 Å². The highest BCUT2D eigenvalue weighted by Gasteiger charge is 2.15. The van der Waals surface area contributed by atoms with Crippen LogP contribution in [0.4, 0.5) is 5.82 Å². The van der Waals surface area contributed by atoms with Crippen molar-refractivity contribution in [1.29, 1.82) is 0 Å². The summed E-state index contributed by atoms with van der Waals surface area (Å²) in [6.45, 7) is 2.09. The number of nitrogens with zero attached hydrogens (tertiary/aromatic N) is 1. The highest BCUT2D eigenvalue weighted by Crippen LogP contribution is 2.26. The number of aromatic nitrogens is 1. The summed E-state index contributed by atoms with van der Waals surface area (Å²) >= 11 is 5.62. The average Bonchev–Trinajstić information content (AvgIpc) is 2.26. The van der Waals surface area contributed by atoms with Crippen LogP contribution in [0.25, 0.3) is 0 Å². The quantitative estimate of drug-likeness (QED) is 0.901. The van der Waals surface area contributed by atoms with Gasteiger partial charge in [0.1, 0.15) is 5.82 Å². The predicted octanol–water partition coefficient (Wildman–Crippen LogP) is 3.46. The van der Waals surface area contributed by atoms with Crippen molar-refractivity contribution in [3.8, 4) is 0 Å². The molecule has 82 valence electrons. The second kappa shape index (κ2) is 5.21. The molecule has 1 aromatic heterocycles. The smallest absolute Gasteiger partial charge is 0.140 e. The Morgan fingerprint density at radius 1 is 1.47 bits per heavy atom. The first-order valence-electron chi connectivity index (χ1n) is 5.23. The van der Waals surface area contributed by atoms with Gasteiger partial charge in [0, 0.05) is 12.2 Å². The van der Waals surface area contributed by atoms with Crippen molar-refractivity contribution in [3.63, 3.8) is 0 Å². The molecule has 2 rings (SSSR count). The normalized spacial score (nSPS) is 17.7. The van der Waals surface area contributed by atoms with Gasteiger partial charge in [-0.1, -0.05) is 0 Å². The lowest BCUT2D eigenvalue weighted by Gasteiger charge is -2.23. The minimum atomic E-state index is 0.594. The van der Waals surface area contributed by atoms with Crippen LogP contribution in [0.5, 0.6) is 0 Å². The van der Waals surface area contributed by atoms with Crippen LogP contribution in [0.1, 0.15) is 18.4 Å². The Bertz CT molecular complexity index is 337. The molecule has 0 unspecified atom stereocenters. The first-order chi connectivity index (χ1) is 7.27. The summed E-state index contributed by atoms with van der Waals surface area (Å²) in [6.07, 6.45) is 4.35. The first-order valence-corrected chi connectivity index (χ1v) is 7.17. The van der Waals surface area contributed by atoms with Gasteiger partial charge in [-0.2, -0.15) is 11.8 Å². The first kappa shape index (κ1) is 11.3. The van der Waals surface area contributed by atoms with Crippen LogP contribution in [-0.4, -0.2) is 22.5 Å². The lowest BCUT2D eigenvalue weighted by Crippen LogP contribution is -2.25. The predicted molar refractivity (Wildman–Crippen MR) is 70.6 cm³/mol. The summed E-state index contributed by atoms with van der Waals surface area (Å²) in [5, 5.41) is 3.52. The van der Waals surface area contributed by atoms with Crippen molar-refractivity contribution < 1.29 is 0 Å². The zero-order valence-corrected chi connectivity index (χ0v) is 11.2. The number of halogens is 1. The molecule has 2 nitrogen and oxygen atoms in total. The molecule has 1 aliphatic rings. The zero-order valence-electron chi connectivity index (χ0n) is 8.79. The number of hydrogen-bond acceptors (Lipinski definition) is 3. The molecule has 15 heavy (non-hydrogen) atoms. The molecule has 1 fully saturated rings. The van der Waals surface area contributed by atoms with E-state index in [2.05, 4.69) is 33.2 Å². The molecule has 0 amide bonds. The van der Waals surface area contributed by atoms with Gasteiger partial charge in [0.25, 0.3) is 0 Å². The number of aryl methyl sites for hydroxylation is 1. The Hall–Kier alpha value is -0.220. The highest BCUT2D eigenvalue weighted by atomic mass is 79.9. The summed E-state index contributed by atoms with van der Waals surface area (Å²) in [7, 11) is 0. The lowest BCUT2D eigenvalue weighted by molar-refractivity contribution is 0.663. The van der Waals surface area contributed by atoms with Crippen molar-refractivity contribution in [2.24, 2.45) is 0 Å². The van der Waals surface area contributed by atoms with Gasteiger partial charge in [-0.15, -0.1) is 0 Å². The lowest BCUT2D eigenvalue weighted by atomic mass is 10.1. The van der Waals surface area contributed by atoms with E-state index in [0.29, 0.717) is 6.04 Å². The van der Waals surface area contributed by atoms with Crippen LogP contribution in [0.15, 0.2) is 16.7 Å². The fourth-order valence-corrected chi connectivity index (χ4v) is 3.13. The molecule has 0 spiro atoms. The Morgan fingerprint density at radius 2 is 2.20 bits per heavy atom. The number of hydrogen-bond donors (Lipinski definition) is 1. The van der Waals surface area contributed by atoms with E-state index >= 15 is 0 Å². The molecule has 0 bridgehead atoms. The number of pyridine rings is 1. The summed E-state index contributed by atoms with van der Waals surface area (Å²) in [5.74, 6) is 3.52. The number of thioether (sulfide) groups is 1. The largest absolute Gasteiger partial charge is 0.366 e. The number of nitrogens with one attached hydrogen (secondary N) is 1. The maximum Gasteiger partial charge on any atom is 0.140 e. The Labute approximate surface area is 103 Å². The Kier molecular flexibility index (Phi) is 3.92. The second-order valence-electron chi connectivity index (χ2n) is 3.82. The van der Waals surface area contributed by atoms with E-state index in [1.54, 1.807) is 0 Å². The van der Waals surface area contributed by atoms with E-state index in [4.69, 9.17) is 0 Å². The molecule has 4 heteroatoms. The van der Waals surface area contributed by atoms with E-state index < -0.39 is 0 Å². The SMILES string of the molecule is Cc1ccnc(NC2CCSCC2)c1Br. The van der Waals surface area contributed by atoms with Gasteiger partial charge in [0.15, 0.2) is 0 Å². The minimum absolute atomic E-state index is 0.594. The molecule has 0 saturated carbocycles. The average molecular weight is 287 g/mol. The number of rotatable bonds is 2. The minimum Gasteiger partial charge on any atom is -0.366 e. The third-order valence-electron chi connectivity index (χ3n) is 2.64. The van der Waals surface area contributed by atoms with Gasteiger partial charge in [-0.3, -0.25) is 0 Å². The fraction of sp³-hybridized carbons (Fsp3) is 0.545. The summed E-state index contributed by atoms with van der Waals surface area (Å²) in [5.41, 5.74) is 1.23. The maximum atomic E-state index is 4.37. The van der Waals surface area contributed by atoms with Gasteiger partial charge in [0.05, 0.1) is 4.47 Å². The fourth-order valence-electron chi connectivity index (χ4n) is 1.68.